The first-order valence-electron chi connectivity index (χ1n) is 25.5. The number of allylic oxidation sites excluding steroid dienone is 2. The van der Waals surface area contributed by atoms with Crippen molar-refractivity contribution in [1.29, 1.82) is 0 Å². The molecular formula is C50H96N2O9. The molecule has 0 unspecified atom stereocenters. The molecule has 0 aromatic carbocycles. The average molecular weight is 869 g/mol. The van der Waals surface area contributed by atoms with Crippen molar-refractivity contribution in [3.05, 3.63) is 12.2 Å². The molecule has 0 bridgehead atoms. The fourth-order valence-corrected chi connectivity index (χ4v) is 8.22. The fourth-order valence-electron chi connectivity index (χ4n) is 8.22. The van der Waals surface area contributed by atoms with E-state index >= 15 is 0 Å². The molecule has 0 saturated carbocycles. The summed E-state index contributed by atoms with van der Waals surface area (Å²) >= 11 is 0. The topological polar surface area (TPSA) is 178 Å². The van der Waals surface area contributed by atoms with Gasteiger partial charge < -0.3 is 45.6 Å². The summed E-state index contributed by atoms with van der Waals surface area (Å²) in [5.74, 6) is -0.613. The van der Waals surface area contributed by atoms with Gasteiger partial charge in [0.15, 0.2) is 6.29 Å². The van der Waals surface area contributed by atoms with Crippen LogP contribution in [0.2, 0.25) is 0 Å². The lowest BCUT2D eigenvalue weighted by Gasteiger charge is -2.41. The molecule has 2 amide bonds. The van der Waals surface area contributed by atoms with Crippen molar-refractivity contribution in [2.24, 2.45) is 0 Å². The van der Waals surface area contributed by atoms with E-state index in [1.54, 1.807) is 0 Å². The Morgan fingerprint density at radius 3 is 1.48 bits per heavy atom. The summed E-state index contributed by atoms with van der Waals surface area (Å²) in [4.78, 5) is 24.6. The number of carbonyl (C=O) groups is 2. The molecule has 1 saturated heterocycles. The second-order valence-corrected chi connectivity index (χ2v) is 18.2. The Morgan fingerprint density at radius 2 is 1.02 bits per heavy atom. The Kier molecular flexibility index (Phi) is 37.6. The molecule has 0 radical (unpaired) electrons. The summed E-state index contributed by atoms with van der Waals surface area (Å²) in [6.45, 7) is 5.39. The third kappa shape index (κ3) is 31.0. The van der Waals surface area contributed by atoms with Crippen LogP contribution < -0.4 is 10.6 Å². The van der Waals surface area contributed by atoms with Gasteiger partial charge in [0, 0.05) is 19.9 Å². The van der Waals surface area contributed by atoms with Crippen LogP contribution in [0.15, 0.2) is 12.2 Å². The molecular weight excluding hydrogens is 773 g/mol. The van der Waals surface area contributed by atoms with Crippen molar-refractivity contribution >= 4 is 11.8 Å². The van der Waals surface area contributed by atoms with Crippen molar-refractivity contribution in [3.8, 4) is 0 Å². The number of ether oxygens (including phenoxy) is 2. The third-order valence-electron chi connectivity index (χ3n) is 12.3. The monoisotopic (exact) mass is 869 g/mol. The van der Waals surface area contributed by atoms with Crippen LogP contribution in [0, 0.1) is 0 Å². The molecule has 1 heterocycles. The summed E-state index contributed by atoms with van der Waals surface area (Å²) in [5.41, 5.74) is 0. The Labute approximate surface area is 373 Å². The van der Waals surface area contributed by atoms with E-state index in [-0.39, 0.29) is 31.4 Å². The number of hydrogen-bond donors (Lipinski definition) is 7. The summed E-state index contributed by atoms with van der Waals surface area (Å²) in [6.07, 6.45) is 33.6. The first-order valence-corrected chi connectivity index (χ1v) is 25.5. The molecule has 1 rings (SSSR count). The summed E-state index contributed by atoms with van der Waals surface area (Å²) in [6, 6.07) is -1.00. The van der Waals surface area contributed by atoms with Crippen molar-refractivity contribution < 1.29 is 44.6 Å². The molecule has 7 N–H and O–H groups in total. The van der Waals surface area contributed by atoms with E-state index in [4.69, 9.17) is 9.47 Å². The molecule has 0 spiro atoms. The molecule has 11 nitrogen and oxygen atoms in total. The van der Waals surface area contributed by atoms with Crippen LogP contribution in [-0.4, -0.2) is 99.5 Å². The van der Waals surface area contributed by atoms with Gasteiger partial charge in [0.05, 0.1) is 18.8 Å². The molecule has 1 aliphatic rings. The zero-order chi connectivity index (χ0) is 44.8. The number of aliphatic hydroxyl groups is 5. The van der Waals surface area contributed by atoms with Crippen LogP contribution >= 0.6 is 0 Å². The van der Waals surface area contributed by atoms with Crippen LogP contribution in [0.5, 0.6) is 0 Å². The number of rotatable bonds is 42. The van der Waals surface area contributed by atoms with E-state index in [1.165, 1.54) is 155 Å². The molecule has 8 atom stereocenters. The average Bonchev–Trinajstić information content (AvgIpc) is 3.24. The van der Waals surface area contributed by atoms with E-state index < -0.39 is 49.0 Å². The van der Waals surface area contributed by atoms with Gasteiger partial charge in [0.1, 0.15) is 30.5 Å². The minimum atomic E-state index is -1.61. The van der Waals surface area contributed by atoms with Gasteiger partial charge in [0.2, 0.25) is 11.8 Å². The highest BCUT2D eigenvalue weighted by molar-refractivity contribution is 5.76. The van der Waals surface area contributed by atoms with E-state index in [9.17, 15) is 35.1 Å². The van der Waals surface area contributed by atoms with E-state index in [2.05, 4.69) is 36.6 Å². The zero-order valence-corrected chi connectivity index (χ0v) is 39.4. The van der Waals surface area contributed by atoms with Gasteiger partial charge in [0.25, 0.3) is 0 Å². The van der Waals surface area contributed by atoms with Crippen LogP contribution in [0.25, 0.3) is 0 Å². The summed E-state index contributed by atoms with van der Waals surface area (Å²) < 4.78 is 11.5. The number of unbranched alkanes of at least 4 members (excludes halogenated alkanes) is 28. The predicted molar refractivity (Wildman–Crippen MR) is 248 cm³/mol. The highest BCUT2D eigenvalue weighted by Crippen LogP contribution is 2.23. The van der Waals surface area contributed by atoms with Crippen molar-refractivity contribution in [2.75, 3.05) is 13.2 Å². The third-order valence-corrected chi connectivity index (χ3v) is 12.3. The highest BCUT2D eigenvalue weighted by Gasteiger charge is 2.45. The van der Waals surface area contributed by atoms with E-state index in [0.717, 1.165) is 44.9 Å². The molecule has 11 heteroatoms. The first kappa shape index (κ1) is 57.4. The lowest BCUT2D eigenvalue weighted by Crippen LogP contribution is -2.61. The van der Waals surface area contributed by atoms with Gasteiger partial charge in [-0.3, -0.25) is 9.59 Å². The van der Waals surface area contributed by atoms with Gasteiger partial charge in [-0.05, 0) is 38.5 Å². The minimum Gasteiger partial charge on any atom is -0.390 e. The van der Waals surface area contributed by atoms with Crippen molar-refractivity contribution in [2.45, 2.75) is 282 Å². The largest absolute Gasteiger partial charge is 0.390 e. The molecule has 0 aromatic rings. The minimum absolute atomic E-state index is 0.113. The zero-order valence-electron chi connectivity index (χ0n) is 39.4. The summed E-state index contributed by atoms with van der Waals surface area (Å²) in [5, 5.41) is 59.1. The lowest BCUT2D eigenvalue weighted by molar-refractivity contribution is -0.297. The number of amides is 2. The molecule has 0 aromatic heterocycles. The Hall–Kier alpha value is -1.60. The summed E-state index contributed by atoms with van der Waals surface area (Å²) in [7, 11) is 0. The van der Waals surface area contributed by atoms with E-state index in [1.807, 2.05) is 0 Å². The maximum absolute atomic E-state index is 13.1. The van der Waals surface area contributed by atoms with Crippen LogP contribution in [0.3, 0.4) is 0 Å². The number of nitrogens with one attached hydrogen (secondary N) is 2. The van der Waals surface area contributed by atoms with Crippen LogP contribution in [0.1, 0.15) is 233 Å². The van der Waals surface area contributed by atoms with Gasteiger partial charge >= 0.3 is 0 Å². The highest BCUT2D eigenvalue weighted by atomic mass is 16.7. The fraction of sp³-hybridized carbons (Fsp3) is 0.920. The number of hydrogen-bond acceptors (Lipinski definition) is 9. The molecule has 1 aliphatic heterocycles. The first-order chi connectivity index (χ1) is 29.6. The van der Waals surface area contributed by atoms with Crippen LogP contribution in [0.4, 0.5) is 0 Å². The van der Waals surface area contributed by atoms with Crippen LogP contribution in [-0.2, 0) is 19.1 Å². The van der Waals surface area contributed by atoms with Gasteiger partial charge in [-0.2, -0.15) is 0 Å². The normalized spacial score (nSPS) is 20.8. The van der Waals surface area contributed by atoms with Crippen molar-refractivity contribution in [1.82, 2.24) is 10.6 Å². The second kappa shape index (κ2) is 40.0. The van der Waals surface area contributed by atoms with Crippen molar-refractivity contribution in [3.63, 3.8) is 0 Å². The molecule has 360 valence electrons. The SMILES string of the molecule is CCCCCCCC/C=C\CCCCCCCCCCCCCC(=O)N[C@H](CO[C@H]1O[C@H](CNC(C)=O)[C@H](O)[C@H](O)[C@H]1O)[C@H](O)[C@@H](O)CCCCCCCCCCCCCC. The Bertz CT molecular complexity index is 1050. The molecule has 0 aliphatic carbocycles. The second-order valence-electron chi connectivity index (χ2n) is 18.2. The van der Waals surface area contributed by atoms with Gasteiger partial charge in [-0.15, -0.1) is 0 Å². The maximum atomic E-state index is 13.1. The standard InChI is InChI=1S/C50H96N2O9/c1-4-6-8-10-12-14-16-18-19-20-21-22-23-24-25-26-28-30-32-34-36-38-45(55)52-42(40-60-50-49(59)48(58)47(57)44(61-50)39-51-41(3)53)46(56)43(54)37-35-33-31-29-27-17-15-13-11-9-7-5-2/h18-19,42-44,46-50,54,56-59H,4-17,20-40H2,1-3H3,(H,51,53)(H,52,55)/b19-18-/t42-,43+,44-,46+,47+,48+,49-,50+/m1/s1. The van der Waals surface area contributed by atoms with E-state index in [0.29, 0.717) is 12.8 Å². The lowest BCUT2D eigenvalue weighted by atomic mass is 9.98. The van der Waals surface area contributed by atoms with Gasteiger partial charge in [-0.1, -0.05) is 193 Å². The quantitative estimate of drug-likeness (QED) is 0.0233. The molecule has 1 fully saturated rings. The smallest absolute Gasteiger partial charge is 0.220 e. The Morgan fingerprint density at radius 1 is 0.590 bits per heavy atom. The Balaban J connectivity index is 2.41. The molecule has 61 heavy (non-hydrogen) atoms. The van der Waals surface area contributed by atoms with Gasteiger partial charge in [-0.25, -0.2) is 0 Å². The maximum Gasteiger partial charge on any atom is 0.220 e. The number of aliphatic hydroxyl groups excluding tert-OH is 5. The number of carbonyl (C=O) groups excluding carboxylic acids is 2. The predicted octanol–water partition coefficient (Wildman–Crippen LogP) is 9.62.